The number of carbonyl (C=O) groups is 1. The van der Waals surface area contributed by atoms with Crippen LogP contribution >= 0.6 is 0 Å². The molecule has 6 heteroatoms. The van der Waals surface area contributed by atoms with Crippen LogP contribution < -0.4 is 0 Å². The van der Waals surface area contributed by atoms with Crippen molar-refractivity contribution >= 4 is 5.91 Å². The first-order valence-corrected chi connectivity index (χ1v) is 6.73. The minimum absolute atomic E-state index is 0.0311. The fourth-order valence-electron chi connectivity index (χ4n) is 3.68. The van der Waals surface area contributed by atoms with E-state index in [-0.39, 0.29) is 17.8 Å². The number of halogens is 3. The molecule has 19 heavy (non-hydrogen) atoms. The molecule has 3 aliphatic rings. The summed E-state index contributed by atoms with van der Waals surface area (Å²) in [4.78, 5) is 13.1. The minimum atomic E-state index is -4.48. The lowest BCUT2D eigenvalue weighted by Gasteiger charge is -2.42. The predicted molar refractivity (Wildman–Crippen MR) is 63.2 cm³/mol. The number of alkyl halides is 3. The Kier molecular flexibility index (Phi) is 3.82. The Labute approximate surface area is 110 Å². The van der Waals surface area contributed by atoms with E-state index in [9.17, 15) is 23.1 Å². The molecule has 0 spiro atoms. The minimum Gasteiger partial charge on any atom is -0.391 e. The normalized spacial score (nSPS) is 39.3. The van der Waals surface area contributed by atoms with Crippen LogP contribution in [0.4, 0.5) is 13.2 Å². The molecule has 110 valence electrons. The second-order valence-electron chi connectivity index (χ2n) is 6.11. The van der Waals surface area contributed by atoms with Crippen LogP contribution in [0.2, 0.25) is 0 Å². The smallest absolute Gasteiger partial charge is 0.391 e. The van der Waals surface area contributed by atoms with Gasteiger partial charge in [-0.15, -0.1) is 0 Å². The van der Waals surface area contributed by atoms with Gasteiger partial charge in [-0.1, -0.05) is 13.8 Å². The van der Waals surface area contributed by atoms with Gasteiger partial charge in [-0.05, 0) is 30.6 Å². The van der Waals surface area contributed by atoms with Crippen molar-refractivity contribution in [1.82, 2.24) is 4.90 Å². The van der Waals surface area contributed by atoms with E-state index >= 15 is 0 Å². The molecule has 0 aromatic carbocycles. The Morgan fingerprint density at radius 1 is 1.26 bits per heavy atom. The van der Waals surface area contributed by atoms with Crippen LogP contribution in [0.25, 0.3) is 0 Å². The first-order valence-electron chi connectivity index (χ1n) is 6.73. The van der Waals surface area contributed by atoms with Crippen LogP contribution in [0.5, 0.6) is 0 Å². The molecule has 2 bridgehead atoms. The van der Waals surface area contributed by atoms with Gasteiger partial charge in [0.15, 0.2) is 0 Å². The third-order valence-corrected chi connectivity index (χ3v) is 4.41. The molecule has 5 atom stereocenters. The summed E-state index contributed by atoms with van der Waals surface area (Å²) in [7, 11) is 0. The second kappa shape index (κ2) is 4.96. The van der Waals surface area contributed by atoms with E-state index in [1.807, 2.05) is 13.8 Å². The summed E-state index contributed by atoms with van der Waals surface area (Å²) in [5.41, 5.74) is 0. The molecule has 2 saturated heterocycles. The molecule has 1 saturated carbocycles. The number of hydrogen-bond donors (Lipinski definition) is 1. The number of piperidine rings is 1. The molecule has 0 aromatic rings. The average molecular weight is 279 g/mol. The van der Waals surface area contributed by atoms with Crippen molar-refractivity contribution in [3.63, 3.8) is 0 Å². The molecule has 0 radical (unpaired) electrons. The number of nitrogens with zero attached hydrogens (tertiary/aromatic N) is 1. The number of aliphatic hydroxyl groups is 1. The van der Waals surface area contributed by atoms with E-state index in [1.54, 1.807) is 0 Å². The average Bonchev–Trinajstić information content (AvgIpc) is 2.41. The summed E-state index contributed by atoms with van der Waals surface area (Å²) in [6, 6.07) is -0.469. The van der Waals surface area contributed by atoms with Gasteiger partial charge >= 0.3 is 6.18 Å². The lowest BCUT2D eigenvalue weighted by Crippen LogP contribution is -2.54. The Bertz CT molecular complexity index is 358. The van der Waals surface area contributed by atoms with Gasteiger partial charge in [0.05, 0.1) is 12.1 Å². The number of aliphatic hydroxyl groups excluding tert-OH is 1. The zero-order chi connectivity index (χ0) is 14.4. The summed E-state index contributed by atoms with van der Waals surface area (Å²) >= 11 is 0. The van der Waals surface area contributed by atoms with Gasteiger partial charge in [0.1, 0.15) is 6.42 Å². The lowest BCUT2D eigenvalue weighted by molar-refractivity contribution is -0.168. The zero-order valence-corrected chi connectivity index (χ0v) is 11.2. The molecular weight excluding hydrogens is 259 g/mol. The highest BCUT2D eigenvalue weighted by Crippen LogP contribution is 2.40. The number of amides is 1. The third-order valence-electron chi connectivity index (χ3n) is 4.41. The van der Waals surface area contributed by atoms with Crippen molar-refractivity contribution < 1.29 is 23.1 Å². The Morgan fingerprint density at radius 3 is 2.42 bits per heavy atom. The van der Waals surface area contributed by atoms with Crippen molar-refractivity contribution in [2.75, 3.05) is 6.54 Å². The maximum atomic E-state index is 12.4. The van der Waals surface area contributed by atoms with Gasteiger partial charge < -0.3 is 10.0 Å². The van der Waals surface area contributed by atoms with Gasteiger partial charge in [-0.25, -0.2) is 0 Å². The summed E-state index contributed by atoms with van der Waals surface area (Å²) < 4.78 is 37.1. The molecule has 3 rings (SSSR count). The highest BCUT2D eigenvalue weighted by atomic mass is 19.4. The molecule has 1 aliphatic carbocycles. The van der Waals surface area contributed by atoms with Crippen LogP contribution in [-0.4, -0.2) is 40.8 Å². The van der Waals surface area contributed by atoms with E-state index < -0.39 is 30.7 Å². The highest BCUT2D eigenvalue weighted by molar-refractivity contribution is 5.77. The SMILES string of the molecule is C[C@@H]1CC2C[C@H](C)[C@H](O)C1N(C(=O)CC(F)(F)F)C2. The van der Waals surface area contributed by atoms with E-state index in [1.165, 1.54) is 4.90 Å². The first-order chi connectivity index (χ1) is 8.69. The van der Waals surface area contributed by atoms with Crippen LogP contribution in [0.3, 0.4) is 0 Å². The van der Waals surface area contributed by atoms with E-state index in [0.29, 0.717) is 6.54 Å². The molecular formula is C13H20F3NO2. The fraction of sp³-hybridized carbons (Fsp3) is 0.923. The fourth-order valence-corrected chi connectivity index (χ4v) is 3.68. The van der Waals surface area contributed by atoms with E-state index in [0.717, 1.165) is 12.8 Å². The second-order valence-corrected chi connectivity index (χ2v) is 6.11. The lowest BCUT2D eigenvalue weighted by atomic mass is 9.85. The standard InChI is InChI=1S/C13H20F3NO2/c1-7-3-9-4-8(2)12(19)11(7)17(6-9)10(18)5-13(14,15)16/h7-9,11-12,19H,3-6H2,1-2H3/t7-,8+,9?,11?,12+/m1/s1. The number of hydrogen-bond acceptors (Lipinski definition) is 2. The largest absolute Gasteiger partial charge is 0.397 e. The third kappa shape index (κ3) is 3.04. The maximum Gasteiger partial charge on any atom is 0.397 e. The number of rotatable bonds is 1. The predicted octanol–water partition coefficient (Wildman–Crippen LogP) is 2.19. The van der Waals surface area contributed by atoms with Gasteiger partial charge in [0.25, 0.3) is 0 Å². The summed E-state index contributed by atoms with van der Waals surface area (Å²) in [6.45, 7) is 4.16. The van der Waals surface area contributed by atoms with Crippen LogP contribution in [-0.2, 0) is 4.79 Å². The van der Waals surface area contributed by atoms with Crippen molar-refractivity contribution in [3.05, 3.63) is 0 Å². The van der Waals surface area contributed by atoms with E-state index in [2.05, 4.69) is 0 Å². The molecule has 0 aromatic heterocycles. The molecule has 2 aliphatic heterocycles. The monoisotopic (exact) mass is 279 g/mol. The molecule has 3 nitrogen and oxygen atoms in total. The highest BCUT2D eigenvalue weighted by Gasteiger charge is 2.47. The molecule has 3 fully saturated rings. The van der Waals surface area contributed by atoms with Crippen molar-refractivity contribution in [3.8, 4) is 0 Å². The molecule has 2 heterocycles. The Hall–Kier alpha value is -0.780. The Morgan fingerprint density at radius 2 is 1.84 bits per heavy atom. The van der Waals surface area contributed by atoms with Gasteiger partial charge in [0.2, 0.25) is 5.91 Å². The van der Waals surface area contributed by atoms with Crippen LogP contribution in [0.1, 0.15) is 33.1 Å². The summed E-state index contributed by atoms with van der Waals surface area (Å²) in [6.07, 6.45) is -4.98. The van der Waals surface area contributed by atoms with Crippen molar-refractivity contribution in [2.45, 2.75) is 51.4 Å². The quantitative estimate of drug-likeness (QED) is 0.799. The first kappa shape index (κ1) is 14.6. The zero-order valence-electron chi connectivity index (χ0n) is 11.2. The van der Waals surface area contributed by atoms with Gasteiger partial charge in [-0.3, -0.25) is 4.79 Å². The van der Waals surface area contributed by atoms with E-state index in [4.69, 9.17) is 0 Å². The van der Waals surface area contributed by atoms with Gasteiger partial charge in [-0.2, -0.15) is 13.2 Å². The topological polar surface area (TPSA) is 40.5 Å². The maximum absolute atomic E-state index is 12.4. The van der Waals surface area contributed by atoms with Crippen LogP contribution in [0.15, 0.2) is 0 Å². The van der Waals surface area contributed by atoms with Crippen molar-refractivity contribution in [2.24, 2.45) is 17.8 Å². The molecule has 1 N–H and O–H groups in total. The number of fused-ring (bicyclic) bond motifs is 4. The molecule has 1 amide bonds. The summed E-state index contributed by atoms with van der Waals surface area (Å²) in [5, 5.41) is 10.3. The van der Waals surface area contributed by atoms with Crippen molar-refractivity contribution in [1.29, 1.82) is 0 Å². The van der Waals surface area contributed by atoms with Gasteiger partial charge in [0, 0.05) is 6.54 Å². The van der Waals surface area contributed by atoms with Crippen LogP contribution in [0, 0.1) is 17.8 Å². The summed E-state index contributed by atoms with van der Waals surface area (Å²) in [5.74, 6) is -0.614. The molecule has 2 unspecified atom stereocenters. The number of carbonyl (C=O) groups excluding carboxylic acids is 1. The Balaban J connectivity index is 2.19.